The van der Waals surface area contributed by atoms with Crippen molar-refractivity contribution in [2.24, 2.45) is 5.73 Å². The predicted octanol–water partition coefficient (Wildman–Crippen LogP) is 3.08. The van der Waals surface area contributed by atoms with Crippen molar-refractivity contribution in [3.8, 4) is 5.88 Å². The van der Waals surface area contributed by atoms with Crippen LogP contribution >= 0.6 is 12.2 Å². The second kappa shape index (κ2) is 8.04. The van der Waals surface area contributed by atoms with Crippen LogP contribution in [-0.4, -0.2) is 21.8 Å². The van der Waals surface area contributed by atoms with Gasteiger partial charge in [0.1, 0.15) is 4.99 Å². The number of nitrogens with zero attached hydrogens (tertiary/aromatic N) is 2. The SMILES string of the molecule is CCCCCCCOc1nnc(C)c(C)c1C(N)=S. The van der Waals surface area contributed by atoms with E-state index in [0.717, 1.165) is 23.2 Å². The molecule has 1 aromatic heterocycles. The molecule has 0 saturated carbocycles. The van der Waals surface area contributed by atoms with Crippen LogP contribution in [0.4, 0.5) is 0 Å². The Kier molecular flexibility index (Phi) is 6.70. The fraction of sp³-hybridized carbons (Fsp3) is 0.643. The van der Waals surface area contributed by atoms with Crippen molar-refractivity contribution >= 4 is 17.2 Å². The maximum atomic E-state index is 5.74. The zero-order valence-corrected chi connectivity index (χ0v) is 12.8. The van der Waals surface area contributed by atoms with Gasteiger partial charge in [0.15, 0.2) is 0 Å². The monoisotopic (exact) mass is 281 g/mol. The minimum Gasteiger partial charge on any atom is -0.476 e. The molecule has 4 nitrogen and oxygen atoms in total. The van der Waals surface area contributed by atoms with Crippen molar-refractivity contribution in [3.05, 3.63) is 16.8 Å². The van der Waals surface area contributed by atoms with E-state index in [2.05, 4.69) is 17.1 Å². The van der Waals surface area contributed by atoms with Crippen LogP contribution in [0, 0.1) is 13.8 Å². The first-order valence-electron chi connectivity index (χ1n) is 6.84. The summed E-state index contributed by atoms with van der Waals surface area (Å²) in [5.74, 6) is 0.464. The van der Waals surface area contributed by atoms with Gasteiger partial charge >= 0.3 is 0 Å². The summed E-state index contributed by atoms with van der Waals surface area (Å²) in [5, 5.41) is 8.11. The summed E-state index contributed by atoms with van der Waals surface area (Å²) in [7, 11) is 0. The predicted molar refractivity (Wildman–Crippen MR) is 81.6 cm³/mol. The molecule has 0 fully saturated rings. The van der Waals surface area contributed by atoms with E-state index < -0.39 is 0 Å². The number of thiocarbonyl (C=S) groups is 1. The molecule has 0 aliphatic carbocycles. The zero-order valence-electron chi connectivity index (χ0n) is 12.0. The van der Waals surface area contributed by atoms with Crippen LogP contribution in [0.5, 0.6) is 5.88 Å². The molecule has 1 rings (SSSR count). The van der Waals surface area contributed by atoms with Gasteiger partial charge in [-0.1, -0.05) is 44.8 Å². The summed E-state index contributed by atoms with van der Waals surface area (Å²) in [6, 6.07) is 0. The van der Waals surface area contributed by atoms with Gasteiger partial charge in [-0.05, 0) is 25.8 Å². The smallest absolute Gasteiger partial charge is 0.244 e. The number of rotatable bonds is 8. The third-order valence-electron chi connectivity index (χ3n) is 3.16. The van der Waals surface area contributed by atoms with Gasteiger partial charge in [-0.3, -0.25) is 0 Å². The van der Waals surface area contributed by atoms with Crippen LogP contribution in [0.3, 0.4) is 0 Å². The Balaban J connectivity index is 2.58. The number of nitrogens with two attached hydrogens (primary N) is 1. The molecule has 5 heteroatoms. The summed E-state index contributed by atoms with van der Waals surface area (Å²) in [6.45, 7) is 6.66. The van der Waals surface area contributed by atoms with Gasteiger partial charge < -0.3 is 10.5 Å². The van der Waals surface area contributed by atoms with E-state index in [1.54, 1.807) is 0 Å². The second-order valence-corrected chi connectivity index (χ2v) is 5.16. The minimum absolute atomic E-state index is 0.316. The average Bonchev–Trinajstić information content (AvgIpc) is 2.37. The number of unbranched alkanes of at least 4 members (excludes halogenated alkanes) is 4. The third kappa shape index (κ3) is 4.74. The molecule has 0 aliphatic heterocycles. The molecular weight excluding hydrogens is 258 g/mol. The van der Waals surface area contributed by atoms with E-state index >= 15 is 0 Å². The fourth-order valence-electron chi connectivity index (χ4n) is 1.85. The first kappa shape index (κ1) is 15.8. The number of aromatic nitrogens is 2. The number of hydrogen-bond donors (Lipinski definition) is 1. The highest BCUT2D eigenvalue weighted by molar-refractivity contribution is 7.80. The van der Waals surface area contributed by atoms with E-state index in [9.17, 15) is 0 Å². The van der Waals surface area contributed by atoms with Gasteiger partial charge in [-0.2, -0.15) is 5.10 Å². The Hall–Kier alpha value is -1.23. The highest BCUT2D eigenvalue weighted by Gasteiger charge is 2.14. The second-order valence-electron chi connectivity index (χ2n) is 4.72. The Morgan fingerprint density at radius 2 is 1.84 bits per heavy atom. The van der Waals surface area contributed by atoms with Gasteiger partial charge in [0, 0.05) is 0 Å². The van der Waals surface area contributed by atoms with E-state index in [1.165, 1.54) is 25.7 Å². The van der Waals surface area contributed by atoms with Crippen molar-refractivity contribution in [1.29, 1.82) is 0 Å². The molecular formula is C14H23N3OS. The first-order valence-corrected chi connectivity index (χ1v) is 7.25. The van der Waals surface area contributed by atoms with Crippen molar-refractivity contribution < 1.29 is 4.74 Å². The van der Waals surface area contributed by atoms with Crippen LogP contribution in [0.25, 0.3) is 0 Å². The Bertz CT molecular complexity index is 435. The lowest BCUT2D eigenvalue weighted by atomic mass is 10.1. The molecule has 0 radical (unpaired) electrons. The van der Waals surface area contributed by atoms with Crippen molar-refractivity contribution in [2.45, 2.75) is 52.9 Å². The van der Waals surface area contributed by atoms with E-state index in [0.29, 0.717) is 17.5 Å². The molecule has 0 aromatic carbocycles. The highest BCUT2D eigenvalue weighted by atomic mass is 32.1. The highest BCUT2D eigenvalue weighted by Crippen LogP contribution is 2.20. The standard InChI is InChI=1S/C14H23N3OS/c1-4-5-6-7-8-9-18-14-12(13(15)19)10(2)11(3)16-17-14/h4-9H2,1-3H3,(H2,15,19). The van der Waals surface area contributed by atoms with Crippen LogP contribution in [0.2, 0.25) is 0 Å². The number of hydrogen-bond acceptors (Lipinski definition) is 4. The molecule has 1 heterocycles. The summed E-state index contributed by atoms with van der Waals surface area (Å²) in [4.78, 5) is 0.316. The maximum absolute atomic E-state index is 5.74. The lowest BCUT2D eigenvalue weighted by Crippen LogP contribution is -2.16. The molecule has 0 atom stereocenters. The minimum atomic E-state index is 0.316. The van der Waals surface area contributed by atoms with E-state index in [-0.39, 0.29) is 0 Å². The molecule has 0 spiro atoms. The average molecular weight is 281 g/mol. The number of aryl methyl sites for hydroxylation is 1. The Labute approximate surface area is 120 Å². The molecule has 2 N–H and O–H groups in total. The molecule has 0 unspecified atom stereocenters. The summed E-state index contributed by atoms with van der Waals surface area (Å²) in [6.07, 6.45) is 5.97. The van der Waals surface area contributed by atoms with Crippen molar-refractivity contribution in [3.63, 3.8) is 0 Å². The zero-order chi connectivity index (χ0) is 14.3. The molecule has 0 amide bonds. The molecule has 0 saturated heterocycles. The molecule has 0 bridgehead atoms. The maximum Gasteiger partial charge on any atom is 0.244 e. The molecule has 1 aromatic rings. The lowest BCUT2D eigenvalue weighted by molar-refractivity contribution is 0.289. The van der Waals surface area contributed by atoms with Crippen LogP contribution in [0.1, 0.15) is 55.8 Å². The Morgan fingerprint density at radius 3 is 2.47 bits per heavy atom. The topological polar surface area (TPSA) is 61.0 Å². The van der Waals surface area contributed by atoms with Gasteiger partial charge in [-0.25, -0.2) is 0 Å². The Morgan fingerprint density at radius 1 is 1.16 bits per heavy atom. The van der Waals surface area contributed by atoms with E-state index in [4.69, 9.17) is 22.7 Å². The summed E-state index contributed by atoms with van der Waals surface area (Å²) in [5.41, 5.74) is 8.24. The first-order chi connectivity index (χ1) is 9.07. The fourth-order valence-corrected chi connectivity index (χ4v) is 2.09. The van der Waals surface area contributed by atoms with Gasteiger partial charge in [-0.15, -0.1) is 5.10 Å². The lowest BCUT2D eigenvalue weighted by Gasteiger charge is -2.12. The summed E-state index contributed by atoms with van der Waals surface area (Å²) < 4.78 is 5.67. The molecule has 0 aliphatic rings. The quantitative estimate of drug-likeness (QED) is 0.586. The van der Waals surface area contributed by atoms with Gasteiger partial charge in [0.25, 0.3) is 0 Å². The van der Waals surface area contributed by atoms with Crippen molar-refractivity contribution in [1.82, 2.24) is 10.2 Å². The van der Waals surface area contributed by atoms with Crippen LogP contribution in [-0.2, 0) is 0 Å². The summed E-state index contributed by atoms with van der Waals surface area (Å²) >= 11 is 5.06. The molecule has 106 valence electrons. The van der Waals surface area contributed by atoms with Gasteiger partial charge in [0.05, 0.1) is 17.9 Å². The normalized spacial score (nSPS) is 10.5. The van der Waals surface area contributed by atoms with Gasteiger partial charge in [0.2, 0.25) is 5.88 Å². The number of ether oxygens (including phenoxy) is 1. The van der Waals surface area contributed by atoms with Crippen molar-refractivity contribution in [2.75, 3.05) is 6.61 Å². The van der Waals surface area contributed by atoms with Crippen LogP contribution in [0.15, 0.2) is 0 Å². The largest absolute Gasteiger partial charge is 0.476 e. The molecule has 19 heavy (non-hydrogen) atoms. The van der Waals surface area contributed by atoms with E-state index in [1.807, 2.05) is 13.8 Å². The third-order valence-corrected chi connectivity index (χ3v) is 3.36. The van der Waals surface area contributed by atoms with Crippen LogP contribution < -0.4 is 10.5 Å².